The van der Waals surface area contributed by atoms with Crippen LogP contribution in [0.2, 0.25) is 0 Å². The number of carbonyl (C=O) groups excluding carboxylic acids is 1. The van der Waals surface area contributed by atoms with Crippen molar-refractivity contribution in [3.05, 3.63) is 36.7 Å². The largest absolute Gasteiger partial charge is 0.458 e. The lowest BCUT2D eigenvalue weighted by atomic mass is 10.2. The van der Waals surface area contributed by atoms with E-state index in [1.165, 1.54) is 19.1 Å². The molecule has 24 heavy (non-hydrogen) atoms. The van der Waals surface area contributed by atoms with E-state index in [0.29, 0.717) is 0 Å². The fourth-order valence-corrected chi connectivity index (χ4v) is 2.42. The van der Waals surface area contributed by atoms with Crippen LogP contribution < -0.4 is 11.1 Å². The zero-order valence-corrected chi connectivity index (χ0v) is 13.8. The molecule has 1 saturated carbocycles. The number of rotatable bonds is 5. The van der Waals surface area contributed by atoms with E-state index in [2.05, 4.69) is 15.3 Å². The minimum atomic E-state index is -0.594. The molecule has 0 aliphatic heterocycles. The quantitative estimate of drug-likeness (QED) is 0.750. The third kappa shape index (κ3) is 3.10. The van der Waals surface area contributed by atoms with Gasteiger partial charge in [0.1, 0.15) is 6.26 Å². The molecule has 0 unspecified atom stereocenters. The van der Waals surface area contributed by atoms with Gasteiger partial charge in [-0.1, -0.05) is 13.8 Å². The summed E-state index contributed by atoms with van der Waals surface area (Å²) in [5.74, 6) is 1.05. The molecule has 0 bridgehead atoms. The van der Waals surface area contributed by atoms with Crippen LogP contribution in [0.1, 0.15) is 37.2 Å². The highest BCUT2D eigenvalue weighted by Gasteiger charge is 2.21. The van der Waals surface area contributed by atoms with E-state index in [0.717, 1.165) is 35.2 Å². The number of amides is 1. The van der Waals surface area contributed by atoms with Gasteiger partial charge in [-0.25, -0.2) is 9.97 Å². The van der Waals surface area contributed by atoms with Crippen molar-refractivity contribution in [2.24, 2.45) is 11.7 Å². The molecule has 1 aliphatic carbocycles. The smallest absolute Gasteiger partial charge is 0.284 e. The number of hydrogen-bond acceptors (Lipinski definition) is 5. The lowest BCUT2D eigenvalue weighted by Gasteiger charge is -2.08. The molecule has 0 saturated heterocycles. The Balaban J connectivity index is 0.000000815. The number of nitrogens with one attached hydrogen (secondary N) is 1. The summed E-state index contributed by atoms with van der Waals surface area (Å²) in [7, 11) is 0. The summed E-state index contributed by atoms with van der Waals surface area (Å²) < 4.78 is 7.09. The van der Waals surface area contributed by atoms with Crippen LogP contribution in [0.5, 0.6) is 0 Å². The third-order valence-electron chi connectivity index (χ3n) is 3.82. The number of primary amides is 1. The first-order chi connectivity index (χ1) is 11.7. The van der Waals surface area contributed by atoms with Crippen LogP contribution in [0.3, 0.4) is 0 Å². The van der Waals surface area contributed by atoms with Crippen molar-refractivity contribution < 1.29 is 9.21 Å². The highest BCUT2D eigenvalue weighted by molar-refractivity contribution is 5.91. The van der Waals surface area contributed by atoms with Gasteiger partial charge in [0, 0.05) is 24.5 Å². The van der Waals surface area contributed by atoms with E-state index in [9.17, 15) is 4.79 Å². The highest BCUT2D eigenvalue weighted by atomic mass is 16.3. The average Bonchev–Trinajstić information content (AvgIpc) is 3.09. The number of nitrogens with zero attached hydrogens (tertiary/aromatic N) is 3. The summed E-state index contributed by atoms with van der Waals surface area (Å²) in [6, 6.07) is 1.61. The number of nitrogens with two attached hydrogens (primary N) is 1. The Morgan fingerprint density at radius 1 is 1.42 bits per heavy atom. The zero-order chi connectivity index (χ0) is 17.1. The number of carbonyl (C=O) groups is 1. The molecule has 1 amide bonds. The van der Waals surface area contributed by atoms with E-state index in [1.807, 2.05) is 24.4 Å². The minimum absolute atomic E-state index is 0.124. The third-order valence-corrected chi connectivity index (χ3v) is 3.82. The SMILES string of the molecule is CC.NC(=O)c1cc(-c2cnc(NCC3CC3)c3nccn23)co1. The highest BCUT2D eigenvalue weighted by Crippen LogP contribution is 2.30. The lowest BCUT2D eigenvalue weighted by molar-refractivity contribution is 0.0974. The first kappa shape index (κ1) is 16.0. The van der Waals surface area contributed by atoms with Gasteiger partial charge in [-0.15, -0.1) is 0 Å². The minimum Gasteiger partial charge on any atom is -0.458 e. The molecule has 7 nitrogen and oxygen atoms in total. The topological polar surface area (TPSA) is 98.5 Å². The van der Waals surface area contributed by atoms with Gasteiger partial charge in [0.25, 0.3) is 5.91 Å². The normalized spacial score (nSPS) is 13.4. The van der Waals surface area contributed by atoms with Crippen molar-refractivity contribution in [3.8, 4) is 11.3 Å². The molecule has 0 atom stereocenters. The molecule has 1 aliphatic rings. The summed E-state index contributed by atoms with van der Waals surface area (Å²) >= 11 is 0. The fraction of sp³-hybridized carbons (Fsp3) is 0.353. The van der Waals surface area contributed by atoms with Crippen molar-refractivity contribution in [3.63, 3.8) is 0 Å². The van der Waals surface area contributed by atoms with E-state index >= 15 is 0 Å². The molecule has 0 aromatic carbocycles. The molecule has 0 radical (unpaired) electrons. The summed E-state index contributed by atoms with van der Waals surface area (Å²) in [5, 5.41) is 3.35. The summed E-state index contributed by atoms with van der Waals surface area (Å²) in [6.45, 7) is 4.92. The van der Waals surface area contributed by atoms with Crippen LogP contribution in [0.15, 0.2) is 35.3 Å². The molecule has 3 N–H and O–H groups in total. The monoisotopic (exact) mass is 327 g/mol. The van der Waals surface area contributed by atoms with Crippen LogP contribution in [0.25, 0.3) is 16.9 Å². The molecule has 4 rings (SSSR count). The zero-order valence-electron chi connectivity index (χ0n) is 13.8. The van der Waals surface area contributed by atoms with Gasteiger partial charge < -0.3 is 15.5 Å². The molecule has 1 fully saturated rings. The van der Waals surface area contributed by atoms with Crippen LogP contribution in [-0.2, 0) is 0 Å². The number of aromatic nitrogens is 3. The molecule has 3 aromatic rings. The molecular weight excluding hydrogens is 306 g/mol. The maximum Gasteiger partial charge on any atom is 0.284 e. The van der Waals surface area contributed by atoms with Crippen molar-refractivity contribution in [1.29, 1.82) is 0 Å². The first-order valence-corrected chi connectivity index (χ1v) is 8.17. The molecule has 126 valence electrons. The molecule has 3 heterocycles. The lowest BCUT2D eigenvalue weighted by Crippen LogP contribution is -2.09. The predicted molar refractivity (Wildman–Crippen MR) is 91.8 cm³/mol. The summed E-state index contributed by atoms with van der Waals surface area (Å²) in [5.41, 5.74) is 7.49. The Kier molecular flexibility index (Phi) is 4.50. The standard InChI is InChI=1S/C15H15N5O2.C2H6/c16-13(21)12-5-10(8-22-12)11-7-19-14(18-6-9-1-2-9)15-17-3-4-20(11)15;1-2/h3-5,7-9H,1-2,6H2,(H2,16,21)(H,18,19);1-2H3. The maximum absolute atomic E-state index is 11.2. The summed E-state index contributed by atoms with van der Waals surface area (Å²) in [6.07, 6.45) is 9.36. The van der Waals surface area contributed by atoms with Crippen molar-refractivity contribution in [1.82, 2.24) is 14.4 Å². The Hall–Kier alpha value is -2.83. The maximum atomic E-state index is 11.2. The molecule has 3 aromatic heterocycles. The second kappa shape index (κ2) is 6.74. The molecular formula is C17H21N5O2. The van der Waals surface area contributed by atoms with E-state index in [-0.39, 0.29) is 5.76 Å². The first-order valence-electron chi connectivity index (χ1n) is 8.17. The van der Waals surface area contributed by atoms with E-state index in [4.69, 9.17) is 10.2 Å². The summed E-state index contributed by atoms with van der Waals surface area (Å²) in [4.78, 5) is 20.0. The van der Waals surface area contributed by atoms with Crippen LogP contribution in [0.4, 0.5) is 5.82 Å². The van der Waals surface area contributed by atoms with Gasteiger partial charge in [0.2, 0.25) is 0 Å². The van der Waals surface area contributed by atoms with Gasteiger partial charge in [0.05, 0.1) is 11.9 Å². The van der Waals surface area contributed by atoms with E-state index < -0.39 is 5.91 Å². The van der Waals surface area contributed by atoms with Crippen molar-refractivity contribution >= 4 is 17.4 Å². The second-order valence-corrected chi connectivity index (χ2v) is 5.50. The molecule has 0 spiro atoms. The molecule has 7 heteroatoms. The van der Waals surface area contributed by atoms with Gasteiger partial charge >= 0.3 is 0 Å². The number of anilines is 1. The van der Waals surface area contributed by atoms with E-state index in [1.54, 1.807) is 18.5 Å². The van der Waals surface area contributed by atoms with Crippen LogP contribution in [-0.4, -0.2) is 26.8 Å². The van der Waals surface area contributed by atoms with Gasteiger partial charge in [-0.2, -0.15) is 0 Å². The van der Waals surface area contributed by atoms with Gasteiger partial charge in [-0.05, 0) is 24.8 Å². The fourth-order valence-electron chi connectivity index (χ4n) is 2.42. The second-order valence-electron chi connectivity index (χ2n) is 5.50. The van der Waals surface area contributed by atoms with Crippen LogP contribution in [0, 0.1) is 5.92 Å². The Labute approximate surface area is 139 Å². The predicted octanol–water partition coefficient (Wildman–Crippen LogP) is 2.94. The number of fused-ring (bicyclic) bond motifs is 1. The van der Waals surface area contributed by atoms with Crippen LogP contribution >= 0.6 is 0 Å². The Morgan fingerprint density at radius 3 is 2.88 bits per heavy atom. The number of hydrogen-bond donors (Lipinski definition) is 2. The van der Waals surface area contributed by atoms with Gasteiger partial charge in [0.15, 0.2) is 17.2 Å². The number of furan rings is 1. The van der Waals surface area contributed by atoms with Crippen molar-refractivity contribution in [2.45, 2.75) is 26.7 Å². The number of imidazole rings is 1. The average molecular weight is 327 g/mol. The Morgan fingerprint density at radius 2 is 2.21 bits per heavy atom. The van der Waals surface area contributed by atoms with Gasteiger partial charge in [-0.3, -0.25) is 9.20 Å². The van der Waals surface area contributed by atoms with Crippen molar-refractivity contribution in [2.75, 3.05) is 11.9 Å². The Bertz CT molecular complexity index is 848.